The zero-order valence-corrected chi connectivity index (χ0v) is 11.8. The molecule has 1 heterocycles. The molecule has 5 nitrogen and oxygen atoms in total. The summed E-state index contributed by atoms with van der Waals surface area (Å²) in [6.07, 6.45) is 2.85. The number of aromatic nitrogens is 1. The topological polar surface area (TPSA) is 68.3 Å². The van der Waals surface area contributed by atoms with E-state index in [1.807, 2.05) is 0 Å². The average Bonchev–Trinajstić information content (AvgIpc) is 2.37. The molecule has 0 spiro atoms. The highest BCUT2D eigenvalue weighted by Gasteiger charge is 2.09. The molecule has 0 atom stereocenters. The molecule has 0 bridgehead atoms. The van der Waals surface area contributed by atoms with Gasteiger partial charge in [-0.25, -0.2) is 18.1 Å². The number of nitrogens with one attached hydrogen (secondary N) is 1. The van der Waals surface area contributed by atoms with Gasteiger partial charge in [0.1, 0.15) is 0 Å². The Hall–Kier alpha value is -0.850. The first-order chi connectivity index (χ1) is 8.57. The Morgan fingerprint density at radius 1 is 1.39 bits per heavy atom. The lowest BCUT2D eigenvalue weighted by Crippen LogP contribution is -2.26. The van der Waals surface area contributed by atoms with E-state index in [-0.39, 0.29) is 12.3 Å². The number of methoxy groups -OCH3 is 1. The second-order valence-corrected chi connectivity index (χ2v) is 6.05. The fourth-order valence-corrected chi connectivity index (χ4v) is 2.59. The predicted octanol–water partition coefficient (Wildman–Crippen LogP) is 1.53. The van der Waals surface area contributed by atoms with E-state index in [4.69, 9.17) is 16.3 Å². The number of hydrogen-bond acceptors (Lipinski definition) is 4. The first-order valence-corrected chi connectivity index (χ1v) is 7.78. The number of halogens is 1. The molecular weight excluding hydrogens is 276 g/mol. The van der Waals surface area contributed by atoms with Gasteiger partial charge in [0, 0.05) is 24.7 Å². The van der Waals surface area contributed by atoms with Crippen molar-refractivity contribution in [1.29, 1.82) is 0 Å². The summed E-state index contributed by atoms with van der Waals surface area (Å²) in [6, 6.07) is 3.46. The summed E-state index contributed by atoms with van der Waals surface area (Å²) in [5, 5.41) is 0. The Labute approximate surface area is 113 Å². The summed E-state index contributed by atoms with van der Waals surface area (Å²) in [5.41, 5.74) is 0.789. The molecule has 7 heteroatoms. The van der Waals surface area contributed by atoms with Gasteiger partial charge in [-0.1, -0.05) is 6.07 Å². The van der Waals surface area contributed by atoms with E-state index in [1.54, 1.807) is 18.3 Å². The Morgan fingerprint density at radius 3 is 2.72 bits per heavy atom. The van der Waals surface area contributed by atoms with Crippen LogP contribution in [-0.4, -0.2) is 32.1 Å². The van der Waals surface area contributed by atoms with Gasteiger partial charge in [0.15, 0.2) is 0 Å². The highest BCUT2D eigenvalue weighted by Crippen LogP contribution is 2.07. The van der Waals surface area contributed by atoms with E-state index < -0.39 is 10.0 Å². The third-order valence-electron chi connectivity index (χ3n) is 2.30. The minimum atomic E-state index is -3.24. The highest BCUT2D eigenvalue weighted by atomic mass is 35.5. The number of sulfonamides is 1. The average molecular weight is 293 g/mol. The minimum Gasteiger partial charge on any atom is -0.481 e. The van der Waals surface area contributed by atoms with Crippen molar-refractivity contribution in [2.45, 2.75) is 19.4 Å². The highest BCUT2D eigenvalue weighted by molar-refractivity contribution is 7.89. The number of alkyl halides is 1. The van der Waals surface area contributed by atoms with Gasteiger partial charge in [0.2, 0.25) is 15.9 Å². The lowest BCUT2D eigenvalue weighted by Gasteiger charge is -2.06. The molecule has 0 saturated carbocycles. The normalized spacial score (nSPS) is 11.4. The number of hydrogen-bond donors (Lipinski definition) is 1. The van der Waals surface area contributed by atoms with Gasteiger partial charge in [0.25, 0.3) is 0 Å². The third-order valence-corrected chi connectivity index (χ3v) is 3.98. The summed E-state index contributed by atoms with van der Waals surface area (Å²) in [6.45, 7) is 0.236. The second kappa shape index (κ2) is 7.56. The molecule has 18 heavy (non-hydrogen) atoms. The molecule has 0 aromatic carbocycles. The van der Waals surface area contributed by atoms with Gasteiger partial charge >= 0.3 is 0 Å². The summed E-state index contributed by atoms with van der Waals surface area (Å²) in [7, 11) is -1.71. The Bertz CT molecular complexity index is 448. The standard InChI is InChI=1S/C11H17ClN2O3S/c1-17-11-5-4-10(8-13-11)9-14-18(15,16)7-3-2-6-12/h4-5,8,14H,2-3,6-7,9H2,1H3. The van der Waals surface area contributed by atoms with Crippen molar-refractivity contribution < 1.29 is 13.2 Å². The molecule has 102 valence electrons. The van der Waals surface area contributed by atoms with Crippen LogP contribution in [0.2, 0.25) is 0 Å². The number of nitrogens with zero attached hydrogens (tertiary/aromatic N) is 1. The lowest BCUT2D eigenvalue weighted by atomic mass is 10.3. The van der Waals surface area contributed by atoms with Crippen LogP contribution < -0.4 is 9.46 Å². The second-order valence-electron chi connectivity index (χ2n) is 3.74. The lowest BCUT2D eigenvalue weighted by molar-refractivity contribution is 0.397. The van der Waals surface area contributed by atoms with Crippen molar-refractivity contribution in [1.82, 2.24) is 9.71 Å². The number of unbranched alkanes of at least 4 members (excludes halogenated alkanes) is 1. The number of pyridine rings is 1. The third kappa shape index (κ3) is 5.66. The SMILES string of the molecule is COc1ccc(CNS(=O)(=O)CCCCCl)cn1. The van der Waals surface area contributed by atoms with Crippen molar-refractivity contribution in [3.8, 4) is 5.88 Å². The number of rotatable bonds is 8. The largest absolute Gasteiger partial charge is 0.481 e. The van der Waals surface area contributed by atoms with E-state index in [0.717, 1.165) is 5.56 Å². The van der Waals surface area contributed by atoms with Crippen LogP contribution in [0.15, 0.2) is 18.3 Å². The summed E-state index contributed by atoms with van der Waals surface area (Å²) < 4.78 is 30.6. The molecule has 1 aromatic rings. The van der Waals surface area contributed by atoms with Crippen molar-refractivity contribution in [3.63, 3.8) is 0 Å². The molecule has 1 aromatic heterocycles. The molecule has 0 aliphatic heterocycles. The molecular formula is C11H17ClN2O3S. The maximum Gasteiger partial charge on any atom is 0.212 e. The van der Waals surface area contributed by atoms with Crippen LogP contribution in [0.25, 0.3) is 0 Å². The summed E-state index contributed by atoms with van der Waals surface area (Å²) >= 11 is 5.50. The van der Waals surface area contributed by atoms with Crippen LogP contribution >= 0.6 is 11.6 Å². The van der Waals surface area contributed by atoms with Crippen LogP contribution in [-0.2, 0) is 16.6 Å². The molecule has 0 aliphatic rings. The van der Waals surface area contributed by atoms with Crippen LogP contribution in [0.5, 0.6) is 5.88 Å². The molecule has 1 rings (SSSR count). The van der Waals surface area contributed by atoms with Crippen LogP contribution in [0.3, 0.4) is 0 Å². The maximum absolute atomic E-state index is 11.6. The summed E-state index contributed by atoms with van der Waals surface area (Å²) in [5.74, 6) is 1.09. The summed E-state index contributed by atoms with van der Waals surface area (Å²) in [4.78, 5) is 4.00. The Kier molecular flexibility index (Phi) is 6.38. The molecule has 0 aliphatic carbocycles. The van der Waals surface area contributed by atoms with Gasteiger partial charge in [-0.2, -0.15) is 0 Å². The fourth-order valence-electron chi connectivity index (χ4n) is 1.29. The van der Waals surface area contributed by atoms with E-state index in [9.17, 15) is 8.42 Å². The van der Waals surface area contributed by atoms with E-state index in [2.05, 4.69) is 9.71 Å². The monoisotopic (exact) mass is 292 g/mol. The molecule has 0 amide bonds. The van der Waals surface area contributed by atoms with Crippen molar-refractivity contribution in [2.75, 3.05) is 18.7 Å². The minimum absolute atomic E-state index is 0.100. The molecule has 0 saturated heterocycles. The first-order valence-electron chi connectivity index (χ1n) is 5.59. The van der Waals surface area contributed by atoms with Crippen LogP contribution in [0.1, 0.15) is 18.4 Å². The van der Waals surface area contributed by atoms with Gasteiger partial charge in [-0.15, -0.1) is 11.6 Å². The maximum atomic E-state index is 11.6. The fraction of sp³-hybridized carbons (Fsp3) is 0.545. The van der Waals surface area contributed by atoms with Crippen LogP contribution in [0, 0.1) is 0 Å². The van der Waals surface area contributed by atoms with Gasteiger partial charge in [0.05, 0.1) is 12.9 Å². The number of ether oxygens (including phenoxy) is 1. The van der Waals surface area contributed by atoms with E-state index in [0.29, 0.717) is 24.6 Å². The van der Waals surface area contributed by atoms with Crippen LogP contribution in [0.4, 0.5) is 0 Å². The van der Waals surface area contributed by atoms with Gasteiger partial charge in [-0.3, -0.25) is 0 Å². The Morgan fingerprint density at radius 2 is 2.17 bits per heavy atom. The molecule has 1 N–H and O–H groups in total. The zero-order valence-electron chi connectivity index (χ0n) is 10.2. The van der Waals surface area contributed by atoms with Gasteiger partial charge < -0.3 is 4.74 Å². The van der Waals surface area contributed by atoms with Crippen molar-refractivity contribution in [2.24, 2.45) is 0 Å². The molecule has 0 radical (unpaired) electrons. The molecule has 0 fully saturated rings. The first kappa shape index (κ1) is 15.2. The van der Waals surface area contributed by atoms with Gasteiger partial charge in [-0.05, 0) is 18.4 Å². The quantitative estimate of drug-likeness (QED) is 0.583. The van der Waals surface area contributed by atoms with Crippen molar-refractivity contribution >= 4 is 21.6 Å². The predicted molar refractivity (Wildman–Crippen MR) is 71.4 cm³/mol. The smallest absolute Gasteiger partial charge is 0.212 e. The van der Waals surface area contributed by atoms with E-state index in [1.165, 1.54) is 7.11 Å². The van der Waals surface area contributed by atoms with E-state index >= 15 is 0 Å². The Balaban J connectivity index is 2.43. The van der Waals surface area contributed by atoms with Crippen molar-refractivity contribution in [3.05, 3.63) is 23.9 Å². The molecule has 0 unspecified atom stereocenters. The zero-order chi connectivity index (χ0) is 13.4.